The summed E-state index contributed by atoms with van der Waals surface area (Å²) in [5, 5.41) is 17.0. The first-order valence-electron chi connectivity index (χ1n) is 4.19. The number of carbonyl (C=O) groups excluding carboxylic acids is 1. The molecule has 0 aromatic heterocycles. The molecule has 5 heteroatoms. The second kappa shape index (κ2) is 6.15. The molecule has 0 bridgehead atoms. The molecule has 0 aliphatic rings. The average Bonchev–Trinajstić information content (AvgIpc) is 2.10. The van der Waals surface area contributed by atoms with Crippen molar-refractivity contribution in [3.05, 3.63) is 12.2 Å². The molecule has 0 spiro atoms. The zero-order valence-electron chi connectivity index (χ0n) is 8.14. The van der Waals surface area contributed by atoms with E-state index >= 15 is 0 Å². The van der Waals surface area contributed by atoms with Gasteiger partial charge in [0.1, 0.15) is 6.10 Å². The monoisotopic (exact) mass is 202 g/mol. The van der Waals surface area contributed by atoms with Crippen molar-refractivity contribution in [3.63, 3.8) is 0 Å². The molecule has 0 radical (unpaired) electrons. The summed E-state index contributed by atoms with van der Waals surface area (Å²) in [6.07, 6.45) is 0.908. The number of aliphatic hydroxyl groups is 1. The average molecular weight is 202 g/mol. The number of hydrogen-bond acceptors (Lipinski definition) is 4. The zero-order valence-corrected chi connectivity index (χ0v) is 8.14. The highest BCUT2D eigenvalue weighted by molar-refractivity contribution is 5.90. The van der Waals surface area contributed by atoms with Gasteiger partial charge in [-0.15, -0.1) is 0 Å². The molecule has 0 saturated heterocycles. The molecule has 0 aromatic carbocycles. The van der Waals surface area contributed by atoms with Crippen LogP contribution < -0.4 is 0 Å². The van der Waals surface area contributed by atoms with Crippen molar-refractivity contribution in [1.82, 2.24) is 0 Å². The Hall–Kier alpha value is -1.36. The van der Waals surface area contributed by atoms with E-state index in [1.54, 1.807) is 13.8 Å². The largest absolute Gasteiger partial charge is 0.478 e. The number of carboxylic acids is 1. The first kappa shape index (κ1) is 12.6. The highest BCUT2D eigenvalue weighted by atomic mass is 16.6. The number of rotatable bonds is 5. The van der Waals surface area contributed by atoms with Crippen LogP contribution in [0.4, 0.5) is 0 Å². The summed E-state index contributed by atoms with van der Waals surface area (Å²) in [5.41, 5.74) is 0. The maximum atomic E-state index is 10.9. The quantitative estimate of drug-likeness (QED) is 0.491. The first-order chi connectivity index (χ1) is 6.47. The molecule has 0 rings (SSSR count). The predicted octanol–water partition coefficient (Wildman–Crippen LogP) is 0.187. The van der Waals surface area contributed by atoms with Gasteiger partial charge in [-0.3, -0.25) is 0 Å². The molecule has 0 fully saturated rings. The summed E-state index contributed by atoms with van der Waals surface area (Å²) >= 11 is 0. The lowest BCUT2D eigenvalue weighted by molar-refractivity contribution is -0.147. The number of aliphatic hydroxyl groups excluding tert-OH is 1. The Labute approximate surface area is 82.0 Å². The second-order valence-corrected chi connectivity index (χ2v) is 3.07. The Balaban J connectivity index is 4.10. The molecule has 0 heterocycles. The lowest BCUT2D eigenvalue weighted by Crippen LogP contribution is -2.26. The maximum Gasteiger partial charge on any atom is 0.331 e. The normalized spacial score (nSPS) is 13.1. The zero-order chi connectivity index (χ0) is 11.1. The van der Waals surface area contributed by atoms with Crippen molar-refractivity contribution in [2.75, 3.05) is 6.61 Å². The Morgan fingerprint density at radius 3 is 2.29 bits per heavy atom. The van der Waals surface area contributed by atoms with Gasteiger partial charge in [0, 0.05) is 12.2 Å². The number of carbonyl (C=O) groups is 2. The van der Waals surface area contributed by atoms with Gasteiger partial charge in [-0.25, -0.2) is 9.59 Å². The summed E-state index contributed by atoms with van der Waals surface area (Å²) in [4.78, 5) is 21.0. The second-order valence-electron chi connectivity index (χ2n) is 3.07. The molecule has 2 N–H and O–H groups in total. The van der Waals surface area contributed by atoms with Crippen molar-refractivity contribution < 1.29 is 24.5 Å². The maximum absolute atomic E-state index is 10.9. The van der Waals surface area contributed by atoms with Crippen LogP contribution in [0.1, 0.15) is 13.8 Å². The Morgan fingerprint density at radius 2 is 1.93 bits per heavy atom. The molecule has 0 aliphatic heterocycles. The standard InChI is InChI=1S/C9H14O5/c1-6(2)7(5-10)14-9(13)4-3-8(11)12/h3-4,6-7,10H,5H2,1-2H3,(H,11,12)/b4-3+. The van der Waals surface area contributed by atoms with Crippen LogP contribution in [0, 0.1) is 5.92 Å². The molecule has 0 aromatic rings. The van der Waals surface area contributed by atoms with Crippen molar-refractivity contribution in [2.45, 2.75) is 20.0 Å². The minimum atomic E-state index is -1.22. The molecule has 14 heavy (non-hydrogen) atoms. The molecular formula is C9H14O5. The van der Waals surface area contributed by atoms with E-state index in [4.69, 9.17) is 14.9 Å². The van der Waals surface area contributed by atoms with Crippen LogP contribution in [0.25, 0.3) is 0 Å². The lowest BCUT2D eigenvalue weighted by Gasteiger charge is -2.17. The summed E-state index contributed by atoms with van der Waals surface area (Å²) < 4.78 is 4.77. The molecule has 5 nitrogen and oxygen atoms in total. The van der Waals surface area contributed by atoms with E-state index in [-0.39, 0.29) is 12.5 Å². The topological polar surface area (TPSA) is 83.8 Å². The lowest BCUT2D eigenvalue weighted by atomic mass is 10.1. The van der Waals surface area contributed by atoms with Crippen LogP contribution in [-0.2, 0) is 14.3 Å². The fraction of sp³-hybridized carbons (Fsp3) is 0.556. The van der Waals surface area contributed by atoms with E-state index < -0.39 is 18.0 Å². The van der Waals surface area contributed by atoms with Gasteiger partial charge in [0.25, 0.3) is 0 Å². The molecule has 0 amide bonds. The summed E-state index contributed by atoms with van der Waals surface area (Å²) in [7, 11) is 0. The van der Waals surface area contributed by atoms with E-state index in [9.17, 15) is 9.59 Å². The molecular weight excluding hydrogens is 188 g/mol. The number of aliphatic carboxylic acids is 1. The molecule has 1 unspecified atom stereocenters. The van der Waals surface area contributed by atoms with Gasteiger partial charge in [-0.05, 0) is 5.92 Å². The Morgan fingerprint density at radius 1 is 1.36 bits per heavy atom. The van der Waals surface area contributed by atoms with Gasteiger partial charge in [0.15, 0.2) is 0 Å². The summed E-state index contributed by atoms with van der Waals surface area (Å²) in [6, 6.07) is 0. The number of ether oxygens (including phenoxy) is 1. The third-order valence-corrected chi connectivity index (χ3v) is 1.55. The van der Waals surface area contributed by atoms with Gasteiger partial charge in [0.05, 0.1) is 6.61 Å². The van der Waals surface area contributed by atoms with E-state index in [0.717, 1.165) is 6.08 Å². The summed E-state index contributed by atoms with van der Waals surface area (Å²) in [6.45, 7) is 3.30. The highest BCUT2D eigenvalue weighted by Crippen LogP contribution is 2.05. The van der Waals surface area contributed by atoms with Crippen LogP contribution in [0.2, 0.25) is 0 Å². The molecule has 1 atom stereocenters. The minimum absolute atomic E-state index is 0.0119. The Bertz CT molecular complexity index is 231. The van der Waals surface area contributed by atoms with Crippen LogP contribution in [0.15, 0.2) is 12.2 Å². The van der Waals surface area contributed by atoms with E-state index in [2.05, 4.69) is 0 Å². The van der Waals surface area contributed by atoms with Crippen molar-refractivity contribution in [1.29, 1.82) is 0 Å². The molecule has 0 aliphatic carbocycles. The minimum Gasteiger partial charge on any atom is -0.478 e. The highest BCUT2D eigenvalue weighted by Gasteiger charge is 2.15. The van der Waals surface area contributed by atoms with E-state index in [0.29, 0.717) is 6.08 Å². The van der Waals surface area contributed by atoms with Gasteiger partial charge in [-0.1, -0.05) is 13.8 Å². The molecule has 0 saturated carbocycles. The van der Waals surface area contributed by atoms with Crippen LogP contribution >= 0.6 is 0 Å². The van der Waals surface area contributed by atoms with Gasteiger partial charge >= 0.3 is 11.9 Å². The SMILES string of the molecule is CC(C)C(CO)OC(=O)/C=C/C(=O)O. The summed E-state index contributed by atoms with van der Waals surface area (Å²) in [5.74, 6) is -1.99. The van der Waals surface area contributed by atoms with Crippen LogP contribution in [-0.4, -0.2) is 34.9 Å². The fourth-order valence-corrected chi connectivity index (χ4v) is 0.712. The van der Waals surface area contributed by atoms with Crippen LogP contribution in [0.5, 0.6) is 0 Å². The number of esters is 1. The first-order valence-corrected chi connectivity index (χ1v) is 4.19. The third kappa shape index (κ3) is 5.31. The van der Waals surface area contributed by atoms with Crippen LogP contribution in [0.3, 0.4) is 0 Å². The predicted molar refractivity (Wildman–Crippen MR) is 48.6 cm³/mol. The van der Waals surface area contributed by atoms with Gasteiger partial charge < -0.3 is 14.9 Å². The number of hydrogen-bond donors (Lipinski definition) is 2. The van der Waals surface area contributed by atoms with E-state index in [1.807, 2.05) is 0 Å². The van der Waals surface area contributed by atoms with Gasteiger partial charge in [-0.2, -0.15) is 0 Å². The Kier molecular flexibility index (Phi) is 5.55. The van der Waals surface area contributed by atoms with E-state index in [1.165, 1.54) is 0 Å². The van der Waals surface area contributed by atoms with Gasteiger partial charge in [0.2, 0.25) is 0 Å². The third-order valence-electron chi connectivity index (χ3n) is 1.55. The smallest absolute Gasteiger partial charge is 0.331 e. The van der Waals surface area contributed by atoms with Crippen molar-refractivity contribution >= 4 is 11.9 Å². The fourth-order valence-electron chi connectivity index (χ4n) is 0.712. The number of carboxylic acid groups (broad SMARTS) is 1. The van der Waals surface area contributed by atoms with Crippen molar-refractivity contribution in [2.24, 2.45) is 5.92 Å². The molecule has 80 valence electrons. The van der Waals surface area contributed by atoms with Crippen molar-refractivity contribution in [3.8, 4) is 0 Å².